The Morgan fingerprint density at radius 1 is 1.30 bits per heavy atom. The summed E-state index contributed by atoms with van der Waals surface area (Å²) in [6.45, 7) is 3.83. The highest BCUT2D eigenvalue weighted by Crippen LogP contribution is 2.07. The van der Waals surface area contributed by atoms with E-state index in [4.69, 9.17) is 15.8 Å². The average molecular weight is 283 g/mol. The molecule has 10 nitrogen and oxygen atoms in total. The molecular weight excluding hydrogens is 270 g/mol. The van der Waals surface area contributed by atoms with Crippen LogP contribution in [0.5, 0.6) is 0 Å². The highest BCUT2D eigenvalue weighted by atomic mass is 16.5. The molecule has 0 aromatic heterocycles. The molecule has 0 heterocycles. The van der Waals surface area contributed by atoms with E-state index in [1.54, 1.807) is 0 Å². The lowest BCUT2D eigenvalue weighted by molar-refractivity contribution is -0.147. The number of azide groups is 1. The Hall–Kier alpha value is -2.70. The van der Waals surface area contributed by atoms with Gasteiger partial charge in [-0.15, -0.1) is 0 Å². The standard InChI is InChI=1S/C10H13N5O5/c1-4-19-10(18)8(13-11)9(17)7(14-15-12)5(2)20-6(3)16/h5,7H,4H2,1-3H3. The molecule has 0 aliphatic carbocycles. The number of rotatable bonds is 7. The molecule has 2 atom stereocenters. The zero-order valence-electron chi connectivity index (χ0n) is 11.1. The van der Waals surface area contributed by atoms with Crippen molar-refractivity contribution in [2.24, 2.45) is 5.11 Å². The van der Waals surface area contributed by atoms with E-state index in [9.17, 15) is 14.4 Å². The number of ketones is 1. The second-order valence-electron chi connectivity index (χ2n) is 3.50. The number of hydrogen-bond acceptors (Lipinski definition) is 6. The van der Waals surface area contributed by atoms with Gasteiger partial charge >= 0.3 is 17.7 Å². The lowest BCUT2D eigenvalue weighted by Gasteiger charge is -2.16. The first-order valence-electron chi connectivity index (χ1n) is 5.53. The predicted octanol–water partition coefficient (Wildman–Crippen LogP) is 0.420. The van der Waals surface area contributed by atoms with Crippen molar-refractivity contribution in [3.05, 3.63) is 16.0 Å². The van der Waals surface area contributed by atoms with E-state index < -0.39 is 35.6 Å². The number of nitrogens with zero attached hydrogens (tertiary/aromatic N) is 5. The molecule has 2 unspecified atom stereocenters. The normalized spacial score (nSPS) is 12.2. The molecule has 0 aliphatic rings. The summed E-state index contributed by atoms with van der Waals surface area (Å²) in [5.74, 6) is -2.99. The first-order valence-corrected chi connectivity index (χ1v) is 5.53. The third-order valence-electron chi connectivity index (χ3n) is 2.04. The Labute approximate surface area is 113 Å². The summed E-state index contributed by atoms with van der Waals surface area (Å²) < 4.78 is 9.22. The van der Waals surface area contributed by atoms with E-state index in [0.29, 0.717) is 0 Å². The highest BCUT2D eigenvalue weighted by Gasteiger charge is 2.40. The SMILES string of the molecule is CCOC(=O)C(=[N+]=[N-])C(=O)C(N=[N+]=[N-])C(C)OC(C)=O. The van der Waals surface area contributed by atoms with Crippen LogP contribution in [0.4, 0.5) is 0 Å². The second-order valence-corrected chi connectivity index (χ2v) is 3.50. The summed E-state index contributed by atoms with van der Waals surface area (Å²) in [5, 5.41) is 3.14. The molecule has 0 saturated heterocycles. The van der Waals surface area contributed by atoms with Crippen LogP contribution in [0.2, 0.25) is 0 Å². The van der Waals surface area contributed by atoms with Crippen molar-refractivity contribution in [1.82, 2.24) is 0 Å². The quantitative estimate of drug-likeness (QED) is 0.165. The number of carbonyl (C=O) groups excluding carboxylic acids is 3. The van der Waals surface area contributed by atoms with E-state index in [-0.39, 0.29) is 6.61 Å². The molecule has 0 aromatic carbocycles. The van der Waals surface area contributed by atoms with Gasteiger partial charge in [0.2, 0.25) is 0 Å². The number of esters is 2. The minimum atomic E-state index is -1.54. The van der Waals surface area contributed by atoms with Gasteiger partial charge in [-0.25, -0.2) is 4.79 Å². The van der Waals surface area contributed by atoms with Crippen LogP contribution in [0.15, 0.2) is 5.11 Å². The van der Waals surface area contributed by atoms with E-state index in [0.717, 1.165) is 6.92 Å². The summed E-state index contributed by atoms with van der Waals surface area (Å²) in [6, 6.07) is -1.54. The third kappa shape index (κ3) is 4.89. The van der Waals surface area contributed by atoms with Crippen molar-refractivity contribution in [3.63, 3.8) is 0 Å². The molecule has 0 spiro atoms. The van der Waals surface area contributed by atoms with Crippen LogP contribution in [0.25, 0.3) is 16.0 Å². The van der Waals surface area contributed by atoms with Gasteiger partial charge in [0, 0.05) is 11.8 Å². The van der Waals surface area contributed by atoms with Gasteiger partial charge in [0.25, 0.3) is 5.78 Å². The maximum atomic E-state index is 12.0. The van der Waals surface area contributed by atoms with Crippen LogP contribution < -0.4 is 0 Å². The zero-order chi connectivity index (χ0) is 15.7. The Morgan fingerprint density at radius 2 is 1.90 bits per heavy atom. The summed E-state index contributed by atoms with van der Waals surface area (Å²) in [7, 11) is 0. The summed E-state index contributed by atoms with van der Waals surface area (Å²) in [5.41, 5.74) is 16.2. The average Bonchev–Trinajstić information content (AvgIpc) is 2.35. The van der Waals surface area contributed by atoms with Gasteiger partial charge in [-0.05, 0) is 19.4 Å². The van der Waals surface area contributed by atoms with Gasteiger partial charge < -0.3 is 15.0 Å². The van der Waals surface area contributed by atoms with Crippen molar-refractivity contribution in [2.75, 3.05) is 6.61 Å². The van der Waals surface area contributed by atoms with Gasteiger partial charge in [-0.2, -0.15) is 4.79 Å². The van der Waals surface area contributed by atoms with Crippen molar-refractivity contribution in [3.8, 4) is 0 Å². The van der Waals surface area contributed by atoms with Gasteiger partial charge in [0.15, 0.2) is 0 Å². The minimum absolute atomic E-state index is 0.0448. The molecule has 0 bridgehead atoms. The lowest BCUT2D eigenvalue weighted by atomic mass is 10.0. The van der Waals surface area contributed by atoms with Gasteiger partial charge in [-0.1, -0.05) is 5.11 Å². The molecule has 10 heteroatoms. The minimum Gasteiger partial charge on any atom is -0.462 e. The molecule has 0 saturated carbocycles. The van der Waals surface area contributed by atoms with Gasteiger partial charge in [-0.3, -0.25) is 9.59 Å². The number of Topliss-reactive ketones (excluding diaryl/α,β-unsaturated/α-hetero) is 1. The van der Waals surface area contributed by atoms with E-state index in [2.05, 4.69) is 19.6 Å². The van der Waals surface area contributed by atoms with Gasteiger partial charge in [0.1, 0.15) is 12.1 Å². The molecule has 0 rings (SSSR count). The molecule has 20 heavy (non-hydrogen) atoms. The maximum Gasteiger partial charge on any atom is 0.442 e. The van der Waals surface area contributed by atoms with Crippen LogP contribution in [-0.2, 0) is 23.9 Å². The fourth-order valence-corrected chi connectivity index (χ4v) is 1.27. The fourth-order valence-electron chi connectivity index (χ4n) is 1.27. The topological polar surface area (TPSA) is 155 Å². The first-order chi connectivity index (χ1) is 9.38. The molecule has 0 amide bonds. The maximum absolute atomic E-state index is 12.0. The Morgan fingerprint density at radius 3 is 2.30 bits per heavy atom. The molecule has 0 aliphatic heterocycles. The summed E-state index contributed by atoms with van der Waals surface area (Å²) in [4.78, 5) is 39.1. The Kier molecular flexibility index (Phi) is 7.27. The largest absolute Gasteiger partial charge is 0.462 e. The van der Waals surface area contributed by atoms with E-state index >= 15 is 0 Å². The van der Waals surface area contributed by atoms with Crippen LogP contribution in [0.1, 0.15) is 20.8 Å². The fraction of sp³-hybridized carbons (Fsp3) is 0.600. The highest BCUT2D eigenvalue weighted by molar-refractivity contribution is 6.63. The second kappa shape index (κ2) is 8.41. The number of hydrogen-bond donors (Lipinski definition) is 0. The van der Waals surface area contributed by atoms with Crippen molar-refractivity contribution >= 4 is 23.4 Å². The van der Waals surface area contributed by atoms with E-state index in [1.807, 2.05) is 0 Å². The van der Waals surface area contributed by atoms with E-state index in [1.165, 1.54) is 13.8 Å². The molecule has 0 fully saturated rings. The zero-order valence-corrected chi connectivity index (χ0v) is 11.1. The number of ether oxygens (including phenoxy) is 2. The van der Waals surface area contributed by atoms with Crippen LogP contribution in [0, 0.1) is 0 Å². The molecular formula is C10H13N5O5. The Bertz CT molecular complexity index is 504. The van der Waals surface area contributed by atoms with Crippen molar-refractivity contribution in [1.29, 1.82) is 0 Å². The molecule has 108 valence electrons. The summed E-state index contributed by atoms with van der Waals surface area (Å²) >= 11 is 0. The molecule has 0 N–H and O–H groups in total. The molecule has 0 radical (unpaired) electrons. The number of carbonyl (C=O) groups is 3. The first kappa shape index (κ1) is 17.3. The Balaban J connectivity index is 5.33. The summed E-state index contributed by atoms with van der Waals surface area (Å²) in [6.07, 6.45) is -1.14. The third-order valence-corrected chi connectivity index (χ3v) is 2.04. The van der Waals surface area contributed by atoms with Crippen molar-refractivity contribution in [2.45, 2.75) is 32.9 Å². The van der Waals surface area contributed by atoms with Gasteiger partial charge in [0.05, 0.1) is 6.61 Å². The predicted molar refractivity (Wildman–Crippen MR) is 64.4 cm³/mol. The smallest absolute Gasteiger partial charge is 0.442 e. The van der Waals surface area contributed by atoms with Crippen LogP contribution in [0.3, 0.4) is 0 Å². The lowest BCUT2D eigenvalue weighted by Crippen LogP contribution is -2.41. The van der Waals surface area contributed by atoms with Crippen LogP contribution >= 0.6 is 0 Å². The van der Waals surface area contributed by atoms with Crippen molar-refractivity contribution < 1.29 is 28.6 Å². The van der Waals surface area contributed by atoms with Crippen LogP contribution in [-0.4, -0.2) is 47.0 Å². The monoisotopic (exact) mass is 283 g/mol. The molecule has 0 aromatic rings.